The molecule has 0 aliphatic rings. The Labute approximate surface area is 108 Å². The third kappa shape index (κ3) is 2.60. The largest absolute Gasteiger partial charge is 0.368 e. The van der Waals surface area contributed by atoms with E-state index in [1.165, 1.54) is 5.56 Å². The second-order valence-corrected chi connectivity index (χ2v) is 4.65. The van der Waals surface area contributed by atoms with Gasteiger partial charge in [-0.2, -0.15) is 0 Å². The minimum absolute atomic E-state index is 0.616. The summed E-state index contributed by atoms with van der Waals surface area (Å²) in [6, 6.07) is 10.1. The summed E-state index contributed by atoms with van der Waals surface area (Å²) in [6.07, 6.45) is 3.26. The van der Waals surface area contributed by atoms with Gasteiger partial charge in [-0.1, -0.05) is 30.3 Å². The molecule has 0 aliphatic heterocycles. The SMILES string of the molecule is CN(Cc1ccccc1)C(O)c1n(C)cc[n+]1C. The summed E-state index contributed by atoms with van der Waals surface area (Å²) in [6.45, 7) is 0.715. The van der Waals surface area contributed by atoms with E-state index in [0.717, 1.165) is 5.82 Å². The molecule has 18 heavy (non-hydrogen) atoms. The van der Waals surface area contributed by atoms with Crippen molar-refractivity contribution in [2.24, 2.45) is 14.1 Å². The Morgan fingerprint density at radius 3 is 2.56 bits per heavy atom. The van der Waals surface area contributed by atoms with Crippen molar-refractivity contribution >= 4 is 0 Å². The van der Waals surface area contributed by atoms with Crippen molar-refractivity contribution in [2.75, 3.05) is 7.05 Å². The molecule has 0 saturated heterocycles. The van der Waals surface area contributed by atoms with Crippen LogP contribution in [-0.2, 0) is 20.6 Å². The Bertz CT molecular complexity index is 488. The summed E-state index contributed by atoms with van der Waals surface area (Å²) < 4.78 is 3.87. The molecule has 1 heterocycles. The fourth-order valence-electron chi connectivity index (χ4n) is 2.12. The first-order valence-electron chi connectivity index (χ1n) is 6.02. The van der Waals surface area contributed by atoms with Gasteiger partial charge in [0.15, 0.2) is 0 Å². The third-order valence-corrected chi connectivity index (χ3v) is 3.16. The first kappa shape index (κ1) is 12.8. The Kier molecular flexibility index (Phi) is 3.79. The molecule has 1 aromatic heterocycles. The summed E-state index contributed by atoms with van der Waals surface area (Å²) in [4.78, 5) is 1.92. The molecule has 2 rings (SSSR count). The van der Waals surface area contributed by atoms with E-state index >= 15 is 0 Å². The molecule has 0 fully saturated rings. The summed E-state index contributed by atoms with van der Waals surface area (Å²) in [5, 5.41) is 10.4. The Balaban J connectivity index is 2.12. The van der Waals surface area contributed by atoms with Gasteiger partial charge in [-0.15, -0.1) is 0 Å². The van der Waals surface area contributed by atoms with Gasteiger partial charge in [0.2, 0.25) is 6.23 Å². The van der Waals surface area contributed by atoms with Gasteiger partial charge >= 0.3 is 5.82 Å². The normalized spacial score (nSPS) is 12.9. The van der Waals surface area contributed by atoms with Crippen molar-refractivity contribution in [1.82, 2.24) is 9.47 Å². The number of benzene rings is 1. The van der Waals surface area contributed by atoms with Crippen LogP contribution >= 0.6 is 0 Å². The van der Waals surface area contributed by atoms with Crippen LogP contribution in [0, 0.1) is 0 Å². The fourth-order valence-corrected chi connectivity index (χ4v) is 2.12. The number of hydrogen-bond donors (Lipinski definition) is 1. The van der Waals surface area contributed by atoms with E-state index in [1.54, 1.807) is 0 Å². The third-order valence-electron chi connectivity index (χ3n) is 3.16. The molecule has 0 spiro atoms. The van der Waals surface area contributed by atoms with Crippen LogP contribution in [0.3, 0.4) is 0 Å². The number of aliphatic hydroxyl groups excluding tert-OH is 1. The lowest BCUT2D eigenvalue weighted by Gasteiger charge is -2.21. The fraction of sp³-hybridized carbons (Fsp3) is 0.357. The van der Waals surface area contributed by atoms with Crippen LogP contribution in [0.1, 0.15) is 17.6 Å². The van der Waals surface area contributed by atoms with Crippen LogP contribution < -0.4 is 4.57 Å². The standard InChI is InChI=1S/C14H20N3O/c1-15-9-10-16(2)13(15)14(18)17(3)11-12-7-5-4-6-8-12/h4-10,14,18H,11H2,1-3H3/q+1. The molecule has 0 amide bonds. The van der Waals surface area contributed by atoms with Crippen LogP contribution in [0.15, 0.2) is 42.7 Å². The van der Waals surface area contributed by atoms with E-state index in [1.807, 2.05) is 65.8 Å². The second-order valence-electron chi connectivity index (χ2n) is 4.65. The summed E-state index contributed by atoms with van der Waals surface area (Å²) in [5.74, 6) is 0.869. The van der Waals surface area contributed by atoms with Gasteiger partial charge in [0.25, 0.3) is 0 Å². The van der Waals surface area contributed by atoms with Crippen molar-refractivity contribution < 1.29 is 9.67 Å². The molecule has 1 atom stereocenters. The highest BCUT2D eigenvalue weighted by Crippen LogP contribution is 2.15. The minimum Gasteiger partial charge on any atom is -0.368 e. The topological polar surface area (TPSA) is 32.3 Å². The van der Waals surface area contributed by atoms with E-state index in [4.69, 9.17) is 0 Å². The van der Waals surface area contributed by atoms with Crippen molar-refractivity contribution in [3.05, 3.63) is 54.1 Å². The van der Waals surface area contributed by atoms with Crippen molar-refractivity contribution in [3.63, 3.8) is 0 Å². The van der Waals surface area contributed by atoms with Crippen molar-refractivity contribution in [1.29, 1.82) is 0 Å². The molecule has 1 N–H and O–H groups in total. The molecule has 0 saturated carbocycles. The number of aliphatic hydroxyl groups is 1. The maximum atomic E-state index is 10.4. The van der Waals surface area contributed by atoms with Crippen LogP contribution in [0.5, 0.6) is 0 Å². The van der Waals surface area contributed by atoms with Gasteiger partial charge in [-0.25, -0.2) is 9.13 Å². The van der Waals surface area contributed by atoms with Gasteiger partial charge in [0.05, 0.1) is 14.1 Å². The minimum atomic E-state index is -0.616. The molecule has 4 nitrogen and oxygen atoms in total. The number of nitrogens with zero attached hydrogens (tertiary/aromatic N) is 3. The quantitative estimate of drug-likeness (QED) is 0.644. The maximum Gasteiger partial charge on any atom is 0.301 e. The number of hydrogen-bond acceptors (Lipinski definition) is 2. The molecule has 0 aliphatic carbocycles. The Morgan fingerprint density at radius 1 is 1.33 bits per heavy atom. The van der Waals surface area contributed by atoms with Crippen LogP contribution in [0.2, 0.25) is 0 Å². The van der Waals surface area contributed by atoms with E-state index in [0.29, 0.717) is 6.54 Å². The van der Waals surface area contributed by atoms with E-state index in [2.05, 4.69) is 12.1 Å². The van der Waals surface area contributed by atoms with Crippen molar-refractivity contribution in [2.45, 2.75) is 12.8 Å². The average molecular weight is 246 g/mol. The molecule has 2 aromatic rings. The van der Waals surface area contributed by atoms with Crippen LogP contribution in [-0.4, -0.2) is 21.6 Å². The van der Waals surface area contributed by atoms with E-state index < -0.39 is 6.23 Å². The highest BCUT2D eigenvalue weighted by Gasteiger charge is 2.25. The van der Waals surface area contributed by atoms with Gasteiger partial charge in [-0.05, 0) is 12.6 Å². The number of rotatable bonds is 4. The zero-order chi connectivity index (χ0) is 13.1. The predicted octanol–water partition coefficient (Wildman–Crippen LogP) is 0.972. The average Bonchev–Trinajstić information content (AvgIpc) is 2.69. The molecular weight excluding hydrogens is 226 g/mol. The molecule has 0 bridgehead atoms. The lowest BCUT2D eigenvalue weighted by molar-refractivity contribution is -0.684. The second kappa shape index (κ2) is 5.33. The lowest BCUT2D eigenvalue weighted by atomic mass is 10.2. The van der Waals surface area contributed by atoms with Crippen LogP contribution in [0.4, 0.5) is 0 Å². The number of aromatic nitrogens is 2. The predicted molar refractivity (Wildman–Crippen MR) is 69.5 cm³/mol. The molecular formula is C14H20N3O+. The Morgan fingerprint density at radius 2 is 2.00 bits per heavy atom. The molecule has 1 aromatic carbocycles. The van der Waals surface area contributed by atoms with Gasteiger partial charge < -0.3 is 5.11 Å². The first-order valence-corrected chi connectivity index (χ1v) is 6.02. The number of imidazole rings is 1. The zero-order valence-corrected chi connectivity index (χ0v) is 11.1. The lowest BCUT2D eigenvalue weighted by Crippen LogP contribution is -2.39. The molecule has 96 valence electrons. The van der Waals surface area contributed by atoms with Gasteiger partial charge in [0.1, 0.15) is 12.4 Å². The molecule has 0 radical (unpaired) electrons. The zero-order valence-electron chi connectivity index (χ0n) is 11.1. The van der Waals surface area contributed by atoms with E-state index in [-0.39, 0.29) is 0 Å². The smallest absolute Gasteiger partial charge is 0.301 e. The van der Waals surface area contributed by atoms with Gasteiger partial charge in [-0.3, -0.25) is 4.90 Å². The van der Waals surface area contributed by atoms with Gasteiger partial charge in [0, 0.05) is 6.54 Å². The first-order chi connectivity index (χ1) is 8.59. The highest BCUT2D eigenvalue weighted by atomic mass is 16.3. The van der Waals surface area contributed by atoms with Crippen molar-refractivity contribution in [3.8, 4) is 0 Å². The maximum absolute atomic E-state index is 10.4. The number of aryl methyl sites for hydroxylation is 2. The highest BCUT2D eigenvalue weighted by molar-refractivity contribution is 5.14. The summed E-state index contributed by atoms with van der Waals surface area (Å²) in [5.41, 5.74) is 1.19. The summed E-state index contributed by atoms with van der Waals surface area (Å²) in [7, 11) is 5.80. The monoisotopic (exact) mass is 246 g/mol. The Hall–Kier alpha value is -1.65. The molecule has 4 heteroatoms. The molecule has 1 unspecified atom stereocenters. The van der Waals surface area contributed by atoms with Crippen LogP contribution in [0.25, 0.3) is 0 Å². The van der Waals surface area contributed by atoms with E-state index in [9.17, 15) is 5.11 Å². The summed E-state index contributed by atoms with van der Waals surface area (Å²) >= 11 is 0.